The molecule has 1 heterocycles. The molecule has 36 heavy (non-hydrogen) atoms. The van der Waals surface area contributed by atoms with Crippen molar-refractivity contribution in [2.75, 3.05) is 7.11 Å². The van der Waals surface area contributed by atoms with Crippen molar-refractivity contribution in [3.05, 3.63) is 97.3 Å². The number of rotatable bonds is 7. The largest absolute Gasteiger partial charge is 0.493 e. The zero-order valence-electron chi connectivity index (χ0n) is 18.6. The number of carbonyl (C=O) groups excluding carboxylic acids is 2. The molecule has 1 saturated heterocycles. The Kier molecular flexibility index (Phi) is 8.43. The Hall–Kier alpha value is -2.75. The van der Waals surface area contributed by atoms with Crippen LogP contribution < -0.4 is 14.9 Å². The number of hydrazine groups is 1. The molecule has 3 aromatic rings. The maximum absolute atomic E-state index is 13.1. The van der Waals surface area contributed by atoms with Gasteiger partial charge < -0.3 is 9.47 Å². The molecule has 3 aromatic carbocycles. The van der Waals surface area contributed by atoms with Gasteiger partial charge in [-0.05, 0) is 60.8 Å². The summed E-state index contributed by atoms with van der Waals surface area (Å²) < 4.78 is 11.7. The van der Waals surface area contributed by atoms with Gasteiger partial charge in [-0.3, -0.25) is 15.0 Å². The summed E-state index contributed by atoms with van der Waals surface area (Å²) in [7, 11) is 1.52. The Labute approximate surface area is 232 Å². The van der Waals surface area contributed by atoms with Crippen molar-refractivity contribution in [2.24, 2.45) is 0 Å². The highest BCUT2D eigenvalue weighted by molar-refractivity contribution is 8.26. The van der Waals surface area contributed by atoms with Crippen LogP contribution in [0.4, 0.5) is 0 Å². The standard InChI is InChI=1S/C25H17Cl3N2O4S2/c1-33-20-4-2-3-15(22(20)34-13-16-7-10-18(27)12-19(16)28)11-21-24(32)30(25(35)36-21)29-23(31)14-5-8-17(26)9-6-14/h2-12H,13H2,1H3,(H,29,31)/b21-11+. The molecule has 2 amide bonds. The van der Waals surface area contributed by atoms with Crippen LogP contribution in [-0.4, -0.2) is 28.3 Å². The molecule has 0 saturated carbocycles. The van der Waals surface area contributed by atoms with Gasteiger partial charge in [-0.1, -0.05) is 64.8 Å². The molecule has 1 aliphatic heterocycles. The number of halogens is 3. The average molecular weight is 580 g/mol. The number of hydrogen-bond acceptors (Lipinski definition) is 6. The highest BCUT2D eigenvalue weighted by Gasteiger charge is 2.34. The van der Waals surface area contributed by atoms with E-state index in [0.29, 0.717) is 42.6 Å². The first-order chi connectivity index (χ1) is 17.3. The number of nitrogens with zero attached hydrogens (tertiary/aromatic N) is 1. The fourth-order valence-electron chi connectivity index (χ4n) is 3.22. The SMILES string of the molecule is COc1cccc(/C=C2/SC(=S)N(NC(=O)c3ccc(Cl)cc3)C2=O)c1OCc1ccc(Cl)cc1Cl. The summed E-state index contributed by atoms with van der Waals surface area (Å²) in [6.45, 7) is 0.148. The molecule has 1 N–H and O–H groups in total. The third-order valence-electron chi connectivity index (χ3n) is 5.02. The first-order valence-electron chi connectivity index (χ1n) is 10.3. The van der Waals surface area contributed by atoms with Crippen molar-refractivity contribution in [2.45, 2.75) is 6.61 Å². The lowest BCUT2D eigenvalue weighted by molar-refractivity contribution is -0.123. The molecule has 0 atom stereocenters. The number of hydrogen-bond donors (Lipinski definition) is 1. The Morgan fingerprint density at radius 1 is 1.08 bits per heavy atom. The van der Waals surface area contributed by atoms with Crippen molar-refractivity contribution >= 4 is 81.0 Å². The number of amides is 2. The van der Waals surface area contributed by atoms with Gasteiger partial charge in [0.05, 0.1) is 12.0 Å². The maximum Gasteiger partial charge on any atom is 0.285 e. The first kappa shape index (κ1) is 26.3. The van der Waals surface area contributed by atoms with E-state index >= 15 is 0 Å². The fraction of sp³-hybridized carbons (Fsp3) is 0.0800. The Balaban J connectivity index is 1.56. The number of para-hydroxylation sites is 1. The summed E-state index contributed by atoms with van der Waals surface area (Å²) in [5.74, 6) is -0.0712. The van der Waals surface area contributed by atoms with E-state index in [2.05, 4.69) is 5.43 Å². The predicted molar refractivity (Wildman–Crippen MR) is 148 cm³/mol. The zero-order valence-corrected chi connectivity index (χ0v) is 22.5. The zero-order chi connectivity index (χ0) is 25.8. The molecule has 0 aliphatic carbocycles. The lowest BCUT2D eigenvalue weighted by Gasteiger charge is -2.16. The van der Waals surface area contributed by atoms with Crippen LogP contribution in [0.1, 0.15) is 21.5 Å². The van der Waals surface area contributed by atoms with Crippen LogP contribution in [0.25, 0.3) is 6.08 Å². The second-order valence-corrected chi connectivity index (χ2v) is 10.3. The summed E-state index contributed by atoms with van der Waals surface area (Å²) in [4.78, 5) is 26.0. The van der Waals surface area contributed by atoms with E-state index in [0.717, 1.165) is 22.3 Å². The molecule has 0 bridgehead atoms. The van der Waals surface area contributed by atoms with E-state index in [1.165, 1.54) is 7.11 Å². The minimum atomic E-state index is -0.491. The lowest BCUT2D eigenvalue weighted by atomic mass is 10.1. The van der Waals surface area contributed by atoms with Crippen molar-refractivity contribution in [1.29, 1.82) is 0 Å². The van der Waals surface area contributed by atoms with Gasteiger partial charge in [-0.15, -0.1) is 0 Å². The second kappa shape index (κ2) is 11.5. The third kappa shape index (κ3) is 5.96. The summed E-state index contributed by atoms with van der Waals surface area (Å²) >= 11 is 24.5. The van der Waals surface area contributed by atoms with Gasteiger partial charge in [-0.2, -0.15) is 5.01 Å². The van der Waals surface area contributed by atoms with Crippen LogP contribution in [0.2, 0.25) is 15.1 Å². The molecule has 4 rings (SSSR count). The van der Waals surface area contributed by atoms with Crippen molar-refractivity contribution in [3.8, 4) is 11.5 Å². The normalized spacial score (nSPS) is 14.3. The molecule has 0 unspecified atom stereocenters. The van der Waals surface area contributed by atoms with E-state index in [4.69, 9.17) is 56.5 Å². The van der Waals surface area contributed by atoms with Gasteiger partial charge in [0.15, 0.2) is 15.8 Å². The Morgan fingerprint density at radius 2 is 1.81 bits per heavy atom. The number of benzene rings is 3. The van der Waals surface area contributed by atoms with Gasteiger partial charge in [0.2, 0.25) is 0 Å². The van der Waals surface area contributed by atoms with Crippen LogP contribution in [0, 0.1) is 0 Å². The van der Waals surface area contributed by atoms with Crippen molar-refractivity contribution in [3.63, 3.8) is 0 Å². The monoisotopic (exact) mass is 578 g/mol. The predicted octanol–water partition coefficient (Wildman–Crippen LogP) is 6.78. The smallest absolute Gasteiger partial charge is 0.285 e. The quantitative estimate of drug-likeness (QED) is 0.246. The molecule has 11 heteroatoms. The topological polar surface area (TPSA) is 67.9 Å². The summed E-state index contributed by atoms with van der Waals surface area (Å²) in [5, 5.41) is 2.52. The molecular formula is C25H17Cl3N2O4S2. The third-order valence-corrected chi connectivity index (χ3v) is 7.16. The van der Waals surface area contributed by atoms with Crippen molar-refractivity contribution < 1.29 is 19.1 Å². The van der Waals surface area contributed by atoms with E-state index < -0.39 is 11.8 Å². The van der Waals surface area contributed by atoms with Gasteiger partial charge >= 0.3 is 0 Å². The number of ether oxygens (including phenoxy) is 2. The van der Waals surface area contributed by atoms with E-state index in [-0.39, 0.29) is 10.9 Å². The van der Waals surface area contributed by atoms with Gasteiger partial charge in [0.1, 0.15) is 6.61 Å². The first-order valence-corrected chi connectivity index (χ1v) is 12.7. The number of nitrogens with one attached hydrogen (secondary N) is 1. The summed E-state index contributed by atoms with van der Waals surface area (Å²) in [5.41, 5.74) is 4.19. The van der Waals surface area contributed by atoms with Crippen molar-refractivity contribution in [1.82, 2.24) is 10.4 Å². The van der Waals surface area contributed by atoms with Crippen LogP contribution in [-0.2, 0) is 11.4 Å². The molecule has 0 radical (unpaired) electrons. The Morgan fingerprint density at radius 3 is 2.50 bits per heavy atom. The average Bonchev–Trinajstić information content (AvgIpc) is 3.11. The molecule has 1 fully saturated rings. The number of carbonyl (C=O) groups is 2. The van der Waals surface area contributed by atoms with E-state index in [9.17, 15) is 9.59 Å². The van der Waals surface area contributed by atoms with Crippen LogP contribution in [0.5, 0.6) is 11.5 Å². The van der Waals surface area contributed by atoms with Crippen LogP contribution in [0.15, 0.2) is 65.6 Å². The molecule has 6 nitrogen and oxygen atoms in total. The molecule has 0 aromatic heterocycles. The summed E-state index contributed by atoms with van der Waals surface area (Å²) in [6.07, 6.45) is 1.63. The number of thiocarbonyl (C=S) groups is 1. The minimum absolute atomic E-state index is 0.148. The van der Waals surface area contributed by atoms with E-state index in [1.54, 1.807) is 66.7 Å². The number of thioether (sulfide) groups is 1. The fourth-order valence-corrected chi connectivity index (χ4v) is 4.98. The van der Waals surface area contributed by atoms with Gasteiger partial charge in [-0.25, -0.2) is 0 Å². The van der Waals surface area contributed by atoms with Gasteiger partial charge in [0, 0.05) is 31.8 Å². The van der Waals surface area contributed by atoms with Crippen LogP contribution in [0.3, 0.4) is 0 Å². The molecular weight excluding hydrogens is 563 g/mol. The molecule has 1 aliphatic rings. The number of methoxy groups -OCH3 is 1. The van der Waals surface area contributed by atoms with E-state index in [1.807, 2.05) is 0 Å². The highest BCUT2D eigenvalue weighted by atomic mass is 35.5. The van der Waals surface area contributed by atoms with Crippen LogP contribution >= 0.6 is 58.8 Å². The minimum Gasteiger partial charge on any atom is -0.493 e. The molecule has 0 spiro atoms. The maximum atomic E-state index is 13.1. The summed E-state index contributed by atoms with van der Waals surface area (Å²) in [6, 6.07) is 16.7. The van der Waals surface area contributed by atoms with Gasteiger partial charge in [0.25, 0.3) is 11.8 Å². The molecule has 184 valence electrons. The lowest BCUT2D eigenvalue weighted by Crippen LogP contribution is -2.44. The second-order valence-electron chi connectivity index (χ2n) is 7.37. The Bertz CT molecular complexity index is 1380. The highest BCUT2D eigenvalue weighted by Crippen LogP contribution is 2.38.